The summed E-state index contributed by atoms with van der Waals surface area (Å²) < 4.78 is 6.01. The maximum Gasteiger partial charge on any atom is 0.345 e. The van der Waals surface area contributed by atoms with Crippen LogP contribution in [-0.2, 0) is 4.79 Å². The lowest BCUT2D eigenvalue weighted by atomic mass is 9.97. The highest BCUT2D eigenvalue weighted by atomic mass is 35.5. The van der Waals surface area contributed by atoms with Gasteiger partial charge in [-0.1, -0.05) is 61.3 Å². The second-order valence-corrected chi connectivity index (χ2v) is 10.4. The first-order chi connectivity index (χ1) is 17.2. The highest BCUT2D eigenvalue weighted by Crippen LogP contribution is 2.33. The van der Waals surface area contributed by atoms with Gasteiger partial charge in [-0.25, -0.2) is 4.79 Å². The van der Waals surface area contributed by atoms with E-state index in [1.165, 1.54) is 11.3 Å². The number of carboxylic acids is 1. The Hall–Kier alpha value is -3.32. The summed E-state index contributed by atoms with van der Waals surface area (Å²) in [7, 11) is 0. The van der Waals surface area contributed by atoms with Crippen molar-refractivity contribution in [3.63, 3.8) is 0 Å². The minimum atomic E-state index is -0.935. The number of carbonyl (C=O) groups is 2. The predicted molar refractivity (Wildman–Crippen MR) is 147 cm³/mol. The molecule has 0 radical (unpaired) electrons. The van der Waals surface area contributed by atoms with Crippen molar-refractivity contribution in [1.29, 1.82) is 0 Å². The predicted octanol–water partition coefficient (Wildman–Crippen LogP) is 7.55. The van der Waals surface area contributed by atoms with Crippen molar-refractivity contribution >= 4 is 62.8 Å². The van der Waals surface area contributed by atoms with E-state index >= 15 is 0 Å². The van der Waals surface area contributed by atoms with Crippen LogP contribution in [0.25, 0.3) is 26.9 Å². The fraction of sp³-hybridized carbons (Fsp3) is 0.143. The molecule has 8 heteroatoms. The van der Waals surface area contributed by atoms with Crippen molar-refractivity contribution in [3.05, 3.63) is 92.8 Å². The van der Waals surface area contributed by atoms with Crippen LogP contribution in [0.1, 0.15) is 29.1 Å². The molecular formula is C28H23Cl2NO4S. The van der Waals surface area contributed by atoms with E-state index in [1.54, 1.807) is 38.1 Å². The Kier molecular flexibility index (Phi) is 7.69. The van der Waals surface area contributed by atoms with Gasteiger partial charge in [-0.3, -0.25) is 4.79 Å². The SMILES string of the molecule is CC(C)C(=O)/C(COc1ccc2cc(-c3ccc(C(=O)O)s3)ccc2c1)=C(\N)c1c(Cl)cccc1Cl. The van der Waals surface area contributed by atoms with Crippen LogP contribution in [0.4, 0.5) is 0 Å². The third kappa shape index (κ3) is 5.41. The Morgan fingerprint density at radius 3 is 2.28 bits per heavy atom. The average Bonchev–Trinajstić information content (AvgIpc) is 3.34. The lowest BCUT2D eigenvalue weighted by Crippen LogP contribution is -2.21. The maximum absolute atomic E-state index is 13.0. The molecule has 3 aromatic carbocycles. The van der Waals surface area contributed by atoms with Gasteiger partial charge in [0.1, 0.15) is 17.2 Å². The van der Waals surface area contributed by atoms with Crippen molar-refractivity contribution in [2.75, 3.05) is 6.61 Å². The number of rotatable bonds is 8. The first-order valence-electron chi connectivity index (χ1n) is 11.1. The van der Waals surface area contributed by atoms with E-state index in [0.717, 1.165) is 21.2 Å². The normalized spacial score (nSPS) is 12.0. The number of benzene rings is 3. The van der Waals surface area contributed by atoms with Gasteiger partial charge >= 0.3 is 5.97 Å². The largest absolute Gasteiger partial charge is 0.489 e. The van der Waals surface area contributed by atoms with Gasteiger partial charge in [0.15, 0.2) is 5.78 Å². The van der Waals surface area contributed by atoms with Gasteiger partial charge in [0.05, 0.1) is 21.3 Å². The number of hydrogen-bond donors (Lipinski definition) is 2. The molecule has 4 rings (SSSR count). The first kappa shape index (κ1) is 25.8. The Balaban J connectivity index is 1.62. The molecule has 0 bridgehead atoms. The van der Waals surface area contributed by atoms with Crippen LogP contribution in [0, 0.1) is 5.92 Å². The lowest BCUT2D eigenvalue weighted by molar-refractivity contribution is -0.118. The second kappa shape index (κ2) is 10.7. The molecule has 0 unspecified atom stereocenters. The van der Waals surface area contributed by atoms with Gasteiger partial charge in [-0.2, -0.15) is 0 Å². The highest BCUT2D eigenvalue weighted by Gasteiger charge is 2.22. The molecule has 0 saturated heterocycles. The molecule has 3 N–H and O–H groups in total. The highest BCUT2D eigenvalue weighted by molar-refractivity contribution is 7.17. The third-order valence-corrected chi connectivity index (χ3v) is 7.43. The number of thiophene rings is 1. The number of aromatic carboxylic acids is 1. The van der Waals surface area contributed by atoms with Gasteiger partial charge in [0, 0.05) is 16.4 Å². The number of ether oxygens (including phenoxy) is 1. The zero-order valence-electron chi connectivity index (χ0n) is 19.5. The summed E-state index contributed by atoms with van der Waals surface area (Å²) in [5.74, 6) is -0.801. The Labute approximate surface area is 222 Å². The van der Waals surface area contributed by atoms with Gasteiger partial charge in [-0.05, 0) is 58.8 Å². The molecular weight excluding hydrogens is 517 g/mol. The van der Waals surface area contributed by atoms with Crippen LogP contribution >= 0.6 is 34.5 Å². The molecule has 0 saturated carbocycles. The third-order valence-electron chi connectivity index (χ3n) is 5.68. The fourth-order valence-electron chi connectivity index (χ4n) is 3.77. The van der Waals surface area contributed by atoms with Crippen LogP contribution < -0.4 is 10.5 Å². The molecule has 0 fully saturated rings. The van der Waals surface area contributed by atoms with Gasteiger partial charge in [0.2, 0.25) is 0 Å². The zero-order valence-corrected chi connectivity index (χ0v) is 21.9. The van der Waals surface area contributed by atoms with Crippen LogP contribution in [-0.4, -0.2) is 23.5 Å². The number of Topliss-reactive ketones (excluding diaryl/α,β-unsaturated/α-hetero) is 1. The summed E-state index contributed by atoms with van der Waals surface area (Å²) in [5.41, 5.74) is 8.26. The topological polar surface area (TPSA) is 89.6 Å². The lowest BCUT2D eigenvalue weighted by Gasteiger charge is -2.16. The number of carboxylic acid groups (broad SMARTS) is 1. The van der Waals surface area contributed by atoms with Crippen molar-refractivity contribution in [2.45, 2.75) is 13.8 Å². The molecule has 0 aliphatic heterocycles. The average molecular weight is 540 g/mol. The second-order valence-electron chi connectivity index (χ2n) is 8.49. The number of carbonyl (C=O) groups excluding carboxylic acids is 1. The van der Waals surface area contributed by atoms with E-state index in [4.69, 9.17) is 33.7 Å². The number of ketones is 1. The molecule has 0 spiro atoms. The molecule has 36 heavy (non-hydrogen) atoms. The summed E-state index contributed by atoms with van der Waals surface area (Å²) in [4.78, 5) is 25.4. The molecule has 0 atom stereocenters. The Bertz CT molecular complexity index is 1490. The van der Waals surface area contributed by atoms with Crippen LogP contribution in [0.15, 0.2) is 72.3 Å². The molecule has 184 valence electrons. The molecule has 0 amide bonds. The maximum atomic E-state index is 13.0. The number of nitrogens with two attached hydrogens (primary N) is 1. The summed E-state index contributed by atoms with van der Waals surface area (Å²) in [6, 6.07) is 20.0. The number of fused-ring (bicyclic) bond motifs is 1. The standard InChI is InChI=1S/C28H23Cl2NO4S/c1-15(2)27(32)20(26(31)25-21(29)4-3-5-22(25)30)14-35-19-9-8-16-12-18(7-6-17(16)13-19)23-10-11-24(36-23)28(33)34/h3-13,15H,14,31H2,1-2H3,(H,33,34)/b26-20-. The zero-order chi connectivity index (χ0) is 26.0. The quantitative estimate of drug-likeness (QED) is 0.225. The van der Waals surface area contributed by atoms with Gasteiger partial charge in [0.25, 0.3) is 0 Å². The number of hydrogen-bond acceptors (Lipinski definition) is 5. The molecule has 0 aliphatic carbocycles. The molecule has 1 aromatic heterocycles. The smallest absolute Gasteiger partial charge is 0.345 e. The van der Waals surface area contributed by atoms with Crippen molar-refractivity contribution in [3.8, 4) is 16.2 Å². The van der Waals surface area contributed by atoms with Crippen molar-refractivity contribution in [1.82, 2.24) is 0 Å². The van der Waals surface area contributed by atoms with E-state index < -0.39 is 5.97 Å². The summed E-state index contributed by atoms with van der Waals surface area (Å²) in [5, 5.41) is 11.8. The molecule has 1 heterocycles. The van der Waals surface area contributed by atoms with E-state index in [1.807, 2.05) is 42.5 Å². The van der Waals surface area contributed by atoms with Crippen LogP contribution in [0.3, 0.4) is 0 Å². The minimum absolute atomic E-state index is 0.0405. The van der Waals surface area contributed by atoms with Crippen molar-refractivity contribution in [2.24, 2.45) is 11.7 Å². The van der Waals surface area contributed by atoms with Gasteiger partial charge < -0.3 is 15.6 Å². The fourth-order valence-corrected chi connectivity index (χ4v) is 5.21. The monoisotopic (exact) mass is 539 g/mol. The number of halogens is 2. The van der Waals surface area contributed by atoms with Crippen LogP contribution in [0.5, 0.6) is 5.75 Å². The first-order valence-corrected chi connectivity index (χ1v) is 12.7. The van der Waals surface area contributed by atoms with Gasteiger partial charge in [-0.15, -0.1) is 11.3 Å². The minimum Gasteiger partial charge on any atom is -0.489 e. The molecule has 0 aliphatic rings. The Morgan fingerprint density at radius 2 is 1.64 bits per heavy atom. The Morgan fingerprint density at radius 1 is 0.972 bits per heavy atom. The van der Waals surface area contributed by atoms with Crippen molar-refractivity contribution < 1.29 is 19.4 Å². The summed E-state index contributed by atoms with van der Waals surface area (Å²) >= 11 is 13.9. The van der Waals surface area contributed by atoms with E-state index in [0.29, 0.717) is 31.8 Å². The van der Waals surface area contributed by atoms with E-state index in [9.17, 15) is 14.7 Å². The van der Waals surface area contributed by atoms with Crippen LogP contribution in [0.2, 0.25) is 10.0 Å². The summed E-state index contributed by atoms with van der Waals surface area (Å²) in [6.45, 7) is 3.55. The van der Waals surface area contributed by atoms with E-state index in [-0.39, 0.29) is 24.0 Å². The molecule has 5 nitrogen and oxygen atoms in total. The van der Waals surface area contributed by atoms with E-state index in [2.05, 4.69) is 0 Å². The summed E-state index contributed by atoms with van der Waals surface area (Å²) in [6.07, 6.45) is 0. The molecule has 4 aromatic rings.